The van der Waals surface area contributed by atoms with Crippen molar-refractivity contribution >= 4 is 11.9 Å². The van der Waals surface area contributed by atoms with Gasteiger partial charge in [0.15, 0.2) is 0 Å². The van der Waals surface area contributed by atoms with Gasteiger partial charge in [-0.25, -0.2) is 9.59 Å². The standard InChI is InChI=1S/C10H10O2.C4H6O2/c1-3-10(11)12-9-7-5-4-6-8(9)2;1-3(2)4(5)6/h3-7H,1H2,2H3;1H2,2H3,(H,5,6). The first-order valence-corrected chi connectivity index (χ1v) is 5.17. The van der Waals surface area contributed by atoms with E-state index in [2.05, 4.69) is 13.2 Å². The Morgan fingerprint density at radius 3 is 2.22 bits per heavy atom. The molecule has 0 heterocycles. The number of aryl methyl sites for hydroxylation is 1. The Bertz CT molecular complexity index is 449. The van der Waals surface area contributed by atoms with Crippen molar-refractivity contribution in [2.75, 3.05) is 0 Å². The van der Waals surface area contributed by atoms with Crippen molar-refractivity contribution in [3.63, 3.8) is 0 Å². The molecule has 0 aromatic heterocycles. The molecule has 0 spiro atoms. The van der Waals surface area contributed by atoms with Gasteiger partial charge in [-0.1, -0.05) is 31.4 Å². The second kappa shape index (κ2) is 7.84. The van der Waals surface area contributed by atoms with Gasteiger partial charge in [0.2, 0.25) is 0 Å². The highest BCUT2D eigenvalue weighted by Crippen LogP contribution is 2.15. The van der Waals surface area contributed by atoms with Crippen LogP contribution in [-0.2, 0) is 9.59 Å². The van der Waals surface area contributed by atoms with Crippen molar-refractivity contribution in [1.82, 2.24) is 0 Å². The number of carboxylic acids is 1. The highest BCUT2D eigenvalue weighted by Gasteiger charge is 2.00. The van der Waals surface area contributed by atoms with Gasteiger partial charge < -0.3 is 9.84 Å². The molecule has 0 bridgehead atoms. The number of para-hydroxylation sites is 1. The first-order valence-electron chi connectivity index (χ1n) is 5.17. The third-order valence-electron chi connectivity index (χ3n) is 1.84. The Morgan fingerprint density at radius 1 is 1.33 bits per heavy atom. The van der Waals surface area contributed by atoms with E-state index in [4.69, 9.17) is 9.84 Å². The van der Waals surface area contributed by atoms with Gasteiger partial charge in [0.25, 0.3) is 0 Å². The maximum Gasteiger partial charge on any atom is 0.335 e. The van der Waals surface area contributed by atoms with Gasteiger partial charge in [-0.3, -0.25) is 0 Å². The number of benzene rings is 1. The molecule has 1 rings (SSSR count). The fraction of sp³-hybridized carbons (Fsp3) is 0.143. The number of carboxylic acid groups (broad SMARTS) is 1. The van der Waals surface area contributed by atoms with Gasteiger partial charge in [-0.2, -0.15) is 0 Å². The van der Waals surface area contributed by atoms with E-state index in [-0.39, 0.29) is 5.57 Å². The molecule has 18 heavy (non-hydrogen) atoms. The smallest absolute Gasteiger partial charge is 0.335 e. The zero-order chi connectivity index (χ0) is 14.1. The number of hydrogen-bond acceptors (Lipinski definition) is 3. The zero-order valence-electron chi connectivity index (χ0n) is 10.5. The van der Waals surface area contributed by atoms with E-state index in [9.17, 15) is 9.59 Å². The number of hydrogen-bond donors (Lipinski definition) is 1. The van der Waals surface area contributed by atoms with Crippen LogP contribution in [0.3, 0.4) is 0 Å². The van der Waals surface area contributed by atoms with E-state index >= 15 is 0 Å². The monoisotopic (exact) mass is 248 g/mol. The second-order valence-electron chi connectivity index (χ2n) is 3.48. The van der Waals surface area contributed by atoms with Crippen LogP contribution in [0.2, 0.25) is 0 Å². The minimum absolute atomic E-state index is 0.176. The molecule has 1 aromatic carbocycles. The normalized spacial score (nSPS) is 8.56. The van der Waals surface area contributed by atoms with Gasteiger partial charge >= 0.3 is 11.9 Å². The highest BCUT2D eigenvalue weighted by molar-refractivity contribution is 5.84. The lowest BCUT2D eigenvalue weighted by molar-refractivity contribution is -0.132. The largest absolute Gasteiger partial charge is 0.478 e. The highest BCUT2D eigenvalue weighted by atomic mass is 16.5. The van der Waals surface area contributed by atoms with Crippen molar-refractivity contribution in [3.8, 4) is 5.75 Å². The van der Waals surface area contributed by atoms with Crippen LogP contribution < -0.4 is 4.74 Å². The summed E-state index contributed by atoms with van der Waals surface area (Å²) in [6.07, 6.45) is 1.15. The van der Waals surface area contributed by atoms with Crippen molar-refractivity contribution in [3.05, 3.63) is 54.6 Å². The summed E-state index contributed by atoms with van der Waals surface area (Å²) >= 11 is 0. The lowest BCUT2D eigenvalue weighted by atomic mass is 10.2. The molecule has 0 aliphatic rings. The molecule has 0 saturated carbocycles. The second-order valence-corrected chi connectivity index (χ2v) is 3.48. The summed E-state index contributed by atoms with van der Waals surface area (Å²) in [5.74, 6) is -0.776. The fourth-order valence-electron chi connectivity index (χ4n) is 0.821. The zero-order valence-corrected chi connectivity index (χ0v) is 10.5. The molecule has 0 amide bonds. The third-order valence-corrected chi connectivity index (χ3v) is 1.84. The van der Waals surface area contributed by atoms with Gasteiger partial charge in [-0.15, -0.1) is 0 Å². The summed E-state index contributed by atoms with van der Waals surface area (Å²) < 4.78 is 4.94. The summed E-state index contributed by atoms with van der Waals surface area (Å²) in [5, 5.41) is 7.89. The molecular formula is C14H16O4. The molecular weight excluding hydrogens is 232 g/mol. The number of esters is 1. The number of aliphatic carboxylic acids is 1. The van der Waals surface area contributed by atoms with Crippen LogP contribution in [0.1, 0.15) is 12.5 Å². The first-order chi connectivity index (χ1) is 8.38. The molecule has 0 fully saturated rings. The van der Waals surface area contributed by atoms with Crippen molar-refractivity contribution in [1.29, 1.82) is 0 Å². The predicted octanol–water partition coefficient (Wildman–Crippen LogP) is 2.73. The molecule has 0 atom stereocenters. The molecule has 1 aromatic rings. The average Bonchev–Trinajstić information content (AvgIpc) is 2.32. The summed E-state index contributed by atoms with van der Waals surface area (Å²) in [6.45, 7) is 9.79. The molecule has 1 N–H and O–H groups in total. The Labute approximate surface area is 106 Å². The Kier molecular flexibility index (Phi) is 6.81. The summed E-state index contributed by atoms with van der Waals surface area (Å²) in [5.41, 5.74) is 1.11. The molecule has 0 aliphatic heterocycles. The van der Waals surface area contributed by atoms with Crippen LogP contribution >= 0.6 is 0 Å². The SMILES string of the molecule is C=C(C)C(=O)O.C=CC(=O)Oc1ccccc1C. The number of carbonyl (C=O) groups is 2. The van der Waals surface area contributed by atoms with E-state index in [0.717, 1.165) is 11.6 Å². The molecule has 0 aliphatic carbocycles. The van der Waals surface area contributed by atoms with Crippen LogP contribution in [0.15, 0.2) is 49.1 Å². The topological polar surface area (TPSA) is 63.6 Å². The van der Waals surface area contributed by atoms with Gasteiger partial charge in [0, 0.05) is 11.6 Å². The molecule has 0 unspecified atom stereocenters. The first kappa shape index (κ1) is 15.6. The van der Waals surface area contributed by atoms with Gasteiger partial charge in [0.05, 0.1) is 0 Å². The Hall–Kier alpha value is -2.36. The molecule has 4 nitrogen and oxygen atoms in total. The minimum Gasteiger partial charge on any atom is -0.478 e. The van der Waals surface area contributed by atoms with Crippen LogP contribution in [0.25, 0.3) is 0 Å². The van der Waals surface area contributed by atoms with Gasteiger partial charge in [-0.05, 0) is 25.5 Å². The van der Waals surface area contributed by atoms with Crippen molar-refractivity contribution < 1.29 is 19.4 Å². The number of carbonyl (C=O) groups excluding carboxylic acids is 1. The number of rotatable bonds is 3. The van der Waals surface area contributed by atoms with Crippen molar-refractivity contribution in [2.45, 2.75) is 13.8 Å². The van der Waals surface area contributed by atoms with Crippen LogP contribution in [-0.4, -0.2) is 17.0 Å². The van der Waals surface area contributed by atoms with E-state index in [0.29, 0.717) is 5.75 Å². The molecule has 96 valence electrons. The van der Waals surface area contributed by atoms with Crippen LogP contribution in [0.5, 0.6) is 5.75 Å². The Morgan fingerprint density at radius 2 is 1.83 bits per heavy atom. The van der Waals surface area contributed by atoms with E-state index < -0.39 is 11.9 Å². The Balaban J connectivity index is 0.000000411. The van der Waals surface area contributed by atoms with E-state index in [1.165, 1.54) is 6.92 Å². The lowest BCUT2D eigenvalue weighted by Crippen LogP contribution is -2.03. The van der Waals surface area contributed by atoms with E-state index in [1.54, 1.807) is 6.07 Å². The molecule has 4 heteroatoms. The third kappa shape index (κ3) is 6.27. The average molecular weight is 248 g/mol. The maximum absolute atomic E-state index is 10.8. The van der Waals surface area contributed by atoms with Gasteiger partial charge in [0.1, 0.15) is 5.75 Å². The fourth-order valence-corrected chi connectivity index (χ4v) is 0.821. The van der Waals surface area contributed by atoms with Crippen molar-refractivity contribution in [2.24, 2.45) is 0 Å². The molecule has 0 saturated heterocycles. The van der Waals surface area contributed by atoms with Crippen LogP contribution in [0, 0.1) is 6.92 Å². The lowest BCUT2D eigenvalue weighted by Gasteiger charge is -2.03. The maximum atomic E-state index is 10.8. The minimum atomic E-state index is -0.935. The van der Waals surface area contributed by atoms with Crippen LogP contribution in [0.4, 0.5) is 0 Å². The molecule has 0 radical (unpaired) electrons. The quantitative estimate of drug-likeness (QED) is 0.507. The predicted molar refractivity (Wildman–Crippen MR) is 69.5 cm³/mol. The van der Waals surface area contributed by atoms with E-state index in [1.807, 2.05) is 25.1 Å². The summed E-state index contributed by atoms with van der Waals surface area (Å²) in [4.78, 5) is 20.4. The summed E-state index contributed by atoms with van der Waals surface area (Å²) in [7, 11) is 0. The number of ether oxygens (including phenoxy) is 1. The summed E-state index contributed by atoms with van der Waals surface area (Å²) in [6, 6.07) is 7.34.